The average molecular weight is 414 g/mol. The summed E-state index contributed by atoms with van der Waals surface area (Å²) in [5, 5.41) is 3.58. The summed E-state index contributed by atoms with van der Waals surface area (Å²) in [7, 11) is 0. The number of primary amides is 1. The largest absolute Gasteiger partial charge is 0.369 e. The van der Waals surface area contributed by atoms with Crippen molar-refractivity contribution in [2.24, 2.45) is 5.73 Å². The zero-order valence-corrected chi connectivity index (χ0v) is 17.1. The van der Waals surface area contributed by atoms with E-state index in [9.17, 15) is 9.59 Å². The summed E-state index contributed by atoms with van der Waals surface area (Å²) in [6, 6.07) is 16.7. The molecule has 0 aliphatic rings. The van der Waals surface area contributed by atoms with E-state index in [1.54, 1.807) is 6.07 Å². The second-order valence-electron chi connectivity index (χ2n) is 6.31. The molecule has 0 fully saturated rings. The van der Waals surface area contributed by atoms with Gasteiger partial charge in [0, 0.05) is 27.0 Å². The summed E-state index contributed by atoms with van der Waals surface area (Å²) in [5.41, 5.74) is 9.10. The number of para-hydroxylation sites is 1. The molecule has 2 aromatic carbocycles. The van der Waals surface area contributed by atoms with Gasteiger partial charge in [-0.3, -0.25) is 9.59 Å². The topological polar surface area (TPSA) is 77.1 Å². The van der Waals surface area contributed by atoms with E-state index in [1.165, 1.54) is 11.8 Å². The fraction of sp³-hybridized carbons (Fsp3) is 0.143. The monoisotopic (exact) mass is 413 g/mol. The first-order chi connectivity index (χ1) is 13.4. The van der Waals surface area contributed by atoms with Crippen LogP contribution in [0, 0.1) is 13.8 Å². The van der Waals surface area contributed by atoms with Crippen LogP contribution in [0.2, 0.25) is 5.02 Å². The van der Waals surface area contributed by atoms with Gasteiger partial charge in [-0.25, -0.2) is 0 Å². The van der Waals surface area contributed by atoms with Gasteiger partial charge in [0.2, 0.25) is 5.91 Å². The van der Waals surface area contributed by atoms with Crippen molar-refractivity contribution in [3.63, 3.8) is 0 Å². The molecule has 0 radical (unpaired) electrons. The molecule has 0 unspecified atom stereocenters. The van der Waals surface area contributed by atoms with Crippen molar-refractivity contribution in [1.29, 1.82) is 0 Å². The zero-order chi connectivity index (χ0) is 20.3. The Hall–Kier alpha value is -2.70. The quantitative estimate of drug-likeness (QED) is 0.581. The number of carbonyl (C=O) groups excluding carboxylic acids is 2. The van der Waals surface area contributed by atoms with Gasteiger partial charge in [0.25, 0.3) is 5.91 Å². The highest BCUT2D eigenvalue weighted by atomic mass is 35.5. The van der Waals surface area contributed by atoms with Crippen LogP contribution in [0.15, 0.2) is 59.5 Å². The Morgan fingerprint density at radius 2 is 1.86 bits per heavy atom. The summed E-state index contributed by atoms with van der Waals surface area (Å²) in [5.74, 6) is -0.472. The van der Waals surface area contributed by atoms with Gasteiger partial charge >= 0.3 is 0 Å². The van der Waals surface area contributed by atoms with Gasteiger partial charge in [-0.15, -0.1) is 11.8 Å². The van der Waals surface area contributed by atoms with Gasteiger partial charge in [-0.2, -0.15) is 0 Å². The van der Waals surface area contributed by atoms with E-state index in [2.05, 4.69) is 5.32 Å². The molecule has 28 heavy (non-hydrogen) atoms. The van der Waals surface area contributed by atoms with Crippen molar-refractivity contribution in [3.8, 4) is 5.69 Å². The number of hydrogen-bond donors (Lipinski definition) is 2. The highest BCUT2D eigenvalue weighted by Gasteiger charge is 2.18. The molecular formula is C21H20ClN3O2S. The number of aryl methyl sites for hydroxylation is 1. The molecule has 0 atom stereocenters. The Balaban J connectivity index is 1.89. The zero-order valence-electron chi connectivity index (χ0n) is 15.5. The molecule has 0 bridgehead atoms. The van der Waals surface area contributed by atoms with Crippen LogP contribution >= 0.6 is 23.4 Å². The molecule has 1 aromatic heterocycles. The molecule has 0 aliphatic heterocycles. The minimum Gasteiger partial charge on any atom is -0.369 e. The molecule has 7 heteroatoms. The third-order valence-corrected chi connectivity index (χ3v) is 5.58. The molecule has 1 heterocycles. The molecule has 0 aliphatic carbocycles. The number of halogens is 1. The van der Waals surface area contributed by atoms with Crippen LogP contribution in [-0.4, -0.2) is 22.1 Å². The fourth-order valence-corrected chi connectivity index (χ4v) is 3.97. The Morgan fingerprint density at radius 1 is 1.11 bits per heavy atom. The fourth-order valence-electron chi connectivity index (χ4n) is 3.04. The number of carbonyl (C=O) groups is 2. The number of nitrogens with zero attached hydrogens (tertiary/aromatic N) is 1. The van der Waals surface area contributed by atoms with E-state index in [-0.39, 0.29) is 11.7 Å². The SMILES string of the molecule is Cc1cc(C(=O)Nc2ccccc2SCC(N)=O)c(C)n1-c1cccc(Cl)c1. The molecule has 5 nitrogen and oxygen atoms in total. The molecule has 3 aromatic rings. The number of thioether (sulfide) groups is 1. The maximum atomic E-state index is 12.9. The van der Waals surface area contributed by atoms with Gasteiger partial charge in [-0.1, -0.05) is 29.8 Å². The van der Waals surface area contributed by atoms with Crippen molar-refractivity contribution in [3.05, 3.63) is 76.6 Å². The third kappa shape index (κ3) is 4.40. The summed E-state index contributed by atoms with van der Waals surface area (Å²) < 4.78 is 1.99. The highest BCUT2D eigenvalue weighted by Crippen LogP contribution is 2.28. The van der Waals surface area contributed by atoms with E-state index in [4.69, 9.17) is 17.3 Å². The van der Waals surface area contributed by atoms with Crippen molar-refractivity contribution in [2.45, 2.75) is 18.7 Å². The van der Waals surface area contributed by atoms with Crippen LogP contribution < -0.4 is 11.1 Å². The number of hydrogen-bond acceptors (Lipinski definition) is 3. The highest BCUT2D eigenvalue weighted by molar-refractivity contribution is 8.00. The van der Waals surface area contributed by atoms with Crippen LogP contribution in [0.4, 0.5) is 5.69 Å². The number of nitrogens with one attached hydrogen (secondary N) is 1. The second kappa shape index (κ2) is 8.54. The number of amides is 2. The number of benzene rings is 2. The van der Waals surface area contributed by atoms with Crippen molar-refractivity contribution in [2.75, 3.05) is 11.1 Å². The molecule has 3 N–H and O–H groups in total. The van der Waals surface area contributed by atoms with Crippen LogP contribution in [0.3, 0.4) is 0 Å². The lowest BCUT2D eigenvalue weighted by molar-refractivity contribution is -0.115. The number of nitrogens with two attached hydrogens (primary N) is 1. The minimum atomic E-state index is -0.406. The Bertz CT molecular complexity index is 1050. The first-order valence-corrected chi connectivity index (χ1v) is 9.99. The molecule has 0 spiro atoms. The van der Waals surface area contributed by atoms with Gasteiger partial charge in [0.05, 0.1) is 17.0 Å². The predicted molar refractivity (Wildman–Crippen MR) is 115 cm³/mol. The van der Waals surface area contributed by atoms with Gasteiger partial charge in [-0.05, 0) is 50.2 Å². The van der Waals surface area contributed by atoms with E-state index in [0.717, 1.165) is 22.0 Å². The van der Waals surface area contributed by atoms with Gasteiger partial charge in [0.1, 0.15) is 0 Å². The number of rotatable bonds is 6. The maximum Gasteiger partial charge on any atom is 0.257 e. The molecule has 0 saturated carbocycles. The van der Waals surface area contributed by atoms with Crippen LogP contribution in [0.5, 0.6) is 0 Å². The summed E-state index contributed by atoms with van der Waals surface area (Å²) >= 11 is 7.41. The van der Waals surface area contributed by atoms with E-state index >= 15 is 0 Å². The first-order valence-electron chi connectivity index (χ1n) is 8.63. The summed E-state index contributed by atoms with van der Waals surface area (Å²) in [6.07, 6.45) is 0. The summed E-state index contributed by atoms with van der Waals surface area (Å²) in [4.78, 5) is 24.8. The maximum absolute atomic E-state index is 12.9. The lowest BCUT2D eigenvalue weighted by Gasteiger charge is -2.12. The van der Waals surface area contributed by atoms with Crippen molar-refractivity contribution in [1.82, 2.24) is 4.57 Å². The lowest BCUT2D eigenvalue weighted by Crippen LogP contribution is -2.15. The van der Waals surface area contributed by atoms with Crippen LogP contribution in [-0.2, 0) is 4.79 Å². The third-order valence-electron chi connectivity index (χ3n) is 4.25. The van der Waals surface area contributed by atoms with Crippen LogP contribution in [0.1, 0.15) is 21.7 Å². The van der Waals surface area contributed by atoms with Crippen molar-refractivity contribution < 1.29 is 9.59 Å². The Morgan fingerprint density at radius 3 is 2.57 bits per heavy atom. The van der Waals surface area contributed by atoms with Gasteiger partial charge in [0.15, 0.2) is 0 Å². The second-order valence-corrected chi connectivity index (χ2v) is 7.76. The molecular weight excluding hydrogens is 394 g/mol. The number of aromatic nitrogens is 1. The standard InChI is InChI=1S/C21H20ClN3O2S/c1-13-10-17(14(2)25(13)16-7-5-6-15(22)11-16)21(27)24-18-8-3-4-9-19(18)28-12-20(23)26/h3-11H,12H2,1-2H3,(H2,23,26)(H,24,27). The summed E-state index contributed by atoms with van der Waals surface area (Å²) in [6.45, 7) is 3.85. The molecule has 0 saturated heterocycles. The Labute approximate surface area is 172 Å². The van der Waals surface area contributed by atoms with Gasteiger partial charge < -0.3 is 15.6 Å². The smallest absolute Gasteiger partial charge is 0.257 e. The normalized spacial score (nSPS) is 10.7. The average Bonchev–Trinajstić information content (AvgIpc) is 2.95. The Kier molecular flexibility index (Phi) is 6.11. The minimum absolute atomic E-state index is 0.149. The van der Waals surface area contributed by atoms with E-state index in [0.29, 0.717) is 16.3 Å². The first kappa shape index (κ1) is 20.0. The lowest BCUT2D eigenvalue weighted by atomic mass is 10.2. The van der Waals surface area contributed by atoms with Crippen molar-refractivity contribution >= 4 is 40.9 Å². The molecule has 2 amide bonds. The molecule has 144 valence electrons. The van der Waals surface area contributed by atoms with E-state index < -0.39 is 5.91 Å². The molecule has 3 rings (SSSR count). The van der Waals surface area contributed by atoms with E-state index in [1.807, 2.05) is 66.9 Å². The number of anilines is 1. The van der Waals surface area contributed by atoms with Crippen LogP contribution in [0.25, 0.3) is 5.69 Å². The predicted octanol–water partition coefficient (Wildman–Crippen LogP) is 4.58.